The van der Waals surface area contributed by atoms with E-state index in [-0.39, 0.29) is 6.61 Å². The van der Waals surface area contributed by atoms with E-state index >= 15 is 0 Å². The summed E-state index contributed by atoms with van der Waals surface area (Å²) in [6.07, 6.45) is 3.25. The first-order valence-electron chi connectivity index (χ1n) is 3.69. The van der Waals surface area contributed by atoms with Gasteiger partial charge in [-0.1, -0.05) is 6.07 Å². The van der Waals surface area contributed by atoms with Gasteiger partial charge in [-0.3, -0.25) is 0 Å². The van der Waals surface area contributed by atoms with Crippen LogP contribution in [0.2, 0.25) is 0 Å². The summed E-state index contributed by atoms with van der Waals surface area (Å²) in [6, 6.07) is 5.62. The minimum atomic E-state index is 0.0604. The molecule has 0 radical (unpaired) electrons. The van der Waals surface area contributed by atoms with Gasteiger partial charge in [0.05, 0.1) is 12.1 Å². The van der Waals surface area contributed by atoms with Crippen molar-refractivity contribution in [2.45, 2.75) is 6.61 Å². The molecule has 0 saturated carbocycles. The predicted molar refractivity (Wildman–Crippen MR) is 45.5 cm³/mol. The van der Waals surface area contributed by atoms with Crippen molar-refractivity contribution in [3.05, 3.63) is 36.3 Å². The van der Waals surface area contributed by atoms with Crippen LogP contribution >= 0.6 is 0 Å². The lowest BCUT2D eigenvalue weighted by Crippen LogP contribution is -1.85. The lowest BCUT2D eigenvalue weighted by atomic mass is 10.2. The van der Waals surface area contributed by atoms with Crippen molar-refractivity contribution in [3.8, 4) is 0 Å². The van der Waals surface area contributed by atoms with E-state index in [1.807, 2.05) is 18.2 Å². The Labute approximate surface area is 69.7 Å². The third-order valence-corrected chi connectivity index (χ3v) is 1.75. The number of rotatable bonds is 1. The van der Waals surface area contributed by atoms with Gasteiger partial charge in [-0.2, -0.15) is 0 Å². The Balaban J connectivity index is 2.67. The van der Waals surface area contributed by atoms with Crippen LogP contribution in [0.25, 0.3) is 10.9 Å². The molecular formula is C9H8N2O. The largest absolute Gasteiger partial charge is 0.392 e. The van der Waals surface area contributed by atoms with Crippen LogP contribution in [0.1, 0.15) is 5.56 Å². The van der Waals surface area contributed by atoms with Gasteiger partial charge in [-0.05, 0) is 17.7 Å². The highest BCUT2D eigenvalue weighted by Crippen LogP contribution is 2.11. The minimum absolute atomic E-state index is 0.0604. The lowest BCUT2D eigenvalue weighted by molar-refractivity contribution is 0.282. The second kappa shape index (κ2) is 2.87. The Morgan fingerprint density at radius 3 is 3.08 bits per heavy atom. The quantitative estimate of drug-likeness (QED) is 0.680. The lowest BCUT2D eigenvalue weighted by Gasteiger charge is -1.97. The molecule has 2 aromatic rings. The maximum atomic E-state index is 8.86. The molecule has 60 valence electrons. The van der Waals surface area contributed by atoms with E-state index in [2.05, 4.69) is 9.97 Å². The second-order valence-electron chi connectivity index (χ2n) is 2.57. The van der Waals surface area contributed by atoms with E-state index in [0.29, 0.717) is 0 Å². The molecule has 0 aliphatic rings. The first-order chi connectivity index (χ1) is 5.90. The SMILES string of the molecule is OCc1ccc2ncncc2c1. The summed E-state index contributed by atoms with van der Waals surface area (Å²) >= 11 is 0. The fraction of sp³-hybridized carbons (Fsp3) is 0.111. The molecular weight excluding hydrogens is 152 g/mol. The molecule has 2 rings (SSSR count). The van der Waals surface area contributed by atoms with E-state index in [1.165, 1.54) is 6.33 Å². The summed E-state index contributed by atoms with van der Waals surface area (Å²) in [5, 5.41) is 9.82. The maximum absolute atomic E-state index is 8.86. The highest BCUT2D eigenvalue weighted by Gasteiger charge is 1.94. The van der Waals surface area contributed by atoms with Crippen LogP contribution in [0.15, 0.2) is 30.7 Å². The number of aliphatic hydroxyl groups excluding tert-OH is 1. The molecule has 3 heteroatoms. The smallest absolute Gasteiger partial charge is 0.116 e. The Morgan fingerprint density at radius 2 is 2.25 bits per heavy atom. The molecule has 1 aromatic carbocycles. The van der Waals surface area contributed by atoms with Gasteiger partial charge in [0.25, 0.3) is 0 Å². The van der Waals surface area contributed by atoms with Gasteiger partial charge in [0, 0.05) is 11.6 Å². The first kappa shape index (κ1) is 7.18. The van der Waals surface area contributed by atoms with E-state index in [0.717, 1.165) is 16.5 Å². The fourth-order valence-electron chi connectivity index (χ4n) is 1.13. The molecule has 0 atom stereocenters. The molecule has 0 unspecified atom stereocenters. The third kappa shape index (κ3) is 1.14. The maximum Gasteiger partial charge on any atom is 0.116 e. The van der Waals surface area contributed by atoms with Gasteiger partial charge >= 0.3 is 0 Å². The van der Waals surface area contributed by atoms with Gasteiger partial charge in [-0.15, -0.1) is 0 Å². The van der Waals surface area contributed by atoms with Crippen LogP contribution in [-0.2, 0) is 6.61 Å². The fourth-order valence-corrected chi connectivity index (χ4v) is 1.13. The molecule has 0 saturated heterocycles. The number of hydrogen-bond donors (Lipinski definition) is 1. The van der Waals surface area contributed by atoms with Crippen molar-refractivity contribution >= 4 is 10.9 Å². The molecule has 0 aliphatic heterocycles. The molecule has 0 aliphatic carbocycles. The molecule has 1 N–H and O–H groups in total. The molecule has 12 heavy (non-hydrogen) atoms. The topological polar surface area (TPSA) is 46.0 Å². The highest BCUT2D eigenvalue weighted by molar-refractivity contribution is 5.77. The summed E-state index contributed by atoms with van der Waals surface area (Å²) in [6.45, 7) is 0.0604. The van der Waals surface area contributed by atoms with Crippen LogP contribution in [0.4, 0.5) is 0 Å². The van der Waals surface area contributed by atoms with Gasteiger partial charge in [0.15, 0.2) is 0 Å². The normalized spacial score (nSPS) is 10.4. The van der Waals surface area contributed by atoms with Crippen LogP contribution in [0.3, 0.4) is 0 Å². The molecule has 1 heterocycles. The third-order valence-electron chi connectivity index (χ3n) is 1.75. The van der Waals surface area contributed by atoms with Gasteiger partial charge < -0.3 is 5.11 Å². The Kier molecular flexibility index (Phi) is 1.72. The van der Waals surface area contributed by atoms with Crippen LogP contribution in [0.5, 0.6) is 0 Å². The molecule has 0 amide bonds. The van der Waals surface area contributed by atoms with Crippen molar-refractivity contribution < 1.29 is 5.11 Å². The Hall–Kier alpha value is -1.48. The number of hydrogen-bond acceptors (Lipinski definition) is 3. The van der Waals surface area contributed by atoms with Crippen molar-refractivity contribution in [1.82, 2.24) is 9.97 Å². The van der Waals surface area contributed by atoms with E-state index in [1.54, 1.807) is 6.20 Å². The van der Waals surface area contributed by atoms with Gasteiger partial charge in [-0.25, -0.2) is 9.97 Å². The number of nitrogens with zero attached hydrogens (tertiary/aromatic N) is 2. The van der Waals surface area contributed by atoms with E-state index in [9.17, 15) is 0 Å². The molecule has 1 aromatic heterocycles. The monoisotopic (exact) mass is 160 g/mol. The van der Waals surface area contributed by atoms with Gasteiger partial charge in [0.2, 0.25) is 0 Å². The summed E-state index contributed by atoms with van der Waals surface area (Å²) in [5.74, 6) is 0. The number of aliphatic hydroxyl groups is 1. The van der Waals surface area contributed by atoms with E-state index in [4.69, 9.17) is 5.11 Å². The van der Waals surface area contributed by atoms with Crippen molar-refractivity contribution in [3.63, 3.8) is 0 Å². The molecule has 0 fully saturated rings. The molecule has 0 spiro atoms. The summed E-state index contributed by atoms with van der Waals surface area (Å²) < 4.78 is 0. The zero-order chi connectivity index (χ0) is 8.39. The zero-order valence-electron chi connectivity index (χ0n) is 6.44. The average Bonchev–Trinajstić information content (AvgIpc) is 2.17. The van der Waals surface area contributed by atoms with Crippen LogP contribution in [0, 0.1) is 0 Å². The van der Waals surface area contributed by atoms with Gasteiger partial charge in [0.1, 0.15) is 6.33 Å². The average molecular weight is 160 g/mol. The van der Waals surface area contributed by atoms with E-state index < -0.39 is 0 Å². The van der Waals surface area contributed by atoms with Crippen molar-refractivity contribution in [2.75, 3.05) is 0 Å². The van der Waals surface area contributed by atoms with Crippen LogP contribution in [-0.4, -0.2) is 15.1 Å². The molecule has 3 nitrogen and oxygen atoms in total. The summed E-state index contributed by atoms with van der Waals surface area (Å²) in [5.41, 5.74) is 1.79. The van der Waals surface area contributed by atoms with Crippen LogP contribution < -0.4 is 0 Å². The second-order valence-corrected chi connectivity index (χ2v) is 2.57. The van der Waals surface area contributed by atoms with Crippen molar-refractivity contribution in [1.29, 1.82) is 0 Å². The standard InChI is InChI=1S/C9H8N2O/c12-5-7-1-2-9-8(3-7)4-10-6-11-9/h1-4,6,12H,5H2. The highest BCUT2D eigenvalue weighted by atomic mass is 16.3. The first-order valence-corrected chi connectivity index (χ1v) is 3.69. The number of fused-ring (bicyclic) bond motifs is 1. The zero-order valence-corrected chi connectivity index (χ0v) is 6.44. The Bertz CT molecular complexity index is 400. The summed E-state index contributed by atoms with van der Waals surface area (Å²) in [7, 11) is 0. The Morgan fingerprint density at radius 1 is 1.33 bits per heavy atom. The number of benzene rings is 1. The molecule has 0 bridgehead atoms. The number of aromatic nitrogens is 2. The predicted octanol–water partition coefficient (Wildman–Crippen LogP) is 1.12. The minimum Gasteiger partial charge on any atom is -0.392 e. The summed E-state index contributed by atoms with van der Waals surface area (Å²) in [4.78, 5) is 7.96. The van der Waals surface area contributed by atoms with Crippen molar-refractivity contribution in [2.24, 2.45) is 0 Å².